The molecule has 82 valence electrons. The minimum absolute atomic E-state index is 0.630. The second kappa shape index (κ2) is 4.53. The number of ether oxygens (including phenoxy) is 1. The second-order valence-corrected chi connectivity index (χ2v) is 3.27. The lowest BCUT2D eigenvalue weighted by molar-refractivity contribution is 0.417. The van der Waals surface area contributed by atoms with Gasteiger partial charge in [0.25, 0.3) is 0 Å². The molecule has 4 nitrogen and oxygen atoms in total. The molecule has 0 aliphatic carbocycles. The predicted molar refractivity (Wildman–Crippen MR) is 66.7 cm³/mol. The maximum absolute atomic E-state index is 5.76. The SMILES string of the molecule is COc1cc(N2C=CC=NC=C2)ccc1N. The largest absolute Gasteiger partial charge is 0.495 e. The Morgan fingerprint density at radius 3 is 3.00 bits per heavy atom. The van der Waals surface area contributed by atoms with Crippen LogP contribution in [0.2, 0.25) is 0 Å². The molecule has 1 aromatic rings. The summed E-state index contributed by atoms with van der Waals surface area (Å²) in [5, 5.41) is 0. The highest BCUT2D eigenvalue weighted by atomic mass is 16.5. The number of hydrogen-bond acceptors (Lipinski definition) is 4. The Bertz CT molecular complexity index is 447. The highest BCUT2D eigenvalue weighted by molar-refractivity contribution is 5.74. The Kier molecular flexibility index (Phi) is 2.91. The molecule has 0 bridgehead atoms. The Hall–Kier alpha value is -2.23. The third-order valence-electron chi connectivity index (χ3n) is 2.25. The van der Waals surface area contributed by atoms with Gasteiger partial charge in [-0.15, -0.1) is 0 Å². The molecule has 16 heavy (non-hydrogen) atoms. The summed E-state index contributed by atoms with van der Waals surface area (Å²) in [6, 6.07) is 5.63. The van der Waals surface area contributed by atoms with E-state index < -0.39 is 0 Å². The van der Waals surface area contributed by atoms with Gasteiger partial charge in [0.05, 0.1) is 12.8 Å². The molecule has 1 aliphatic heterocycles. The van der Waals surface area contributed by atoms with Crippen molar-refractivity contribution in [3.05, 3.63) is 42.9 Å². The van der Waals surface area contributed by atoms with Crippen LogP contribution in [0, 0.1) is 0 Å². The zero-order chi connectivity index (χ0) is 11.4. The molecular formula is C12H13N3O. The van der Waals surface area contributed by atoms with Crippen LogP contribution >= 0.6 is 0 Å². The molecule has 1 heterocycles. The lowest BCUT2D eigenvalue weighted by atomic mass is 10.2. The van der Waals surface area contributed by atoms with E-state index in [0.717, 1.165) is 5.69 Å². The first-order chi connectivity index (χ1) is 7.81. The summed E-state index contributed by atoms with van der Waals surface area (Å²) in [6.45, 7) is 0. The fraction of sp³-hybridized carbons (Fsp3) is 0.0833. The summed E-state index contributed by atoms with van der Waals surface area (Å²) in [7, 11) is 1.60. The number of benzene rings is 1. The van der Waals surface area contributed by atoms with E-state index >= 15 is 0 Å². The number of anilines is 2. The third-order valence-corrected chi connectivity index (χ3v) is 2.25. The smallest absolute Gasteiger partial charge is 0.143 e. The molecule has 1 aromatic carbocycles. The number of aliphatic imine (C=N–C) groups is 1. The van der Waals surface area contributed by atoms with E-state index in [4.69, 9.17) is 10.5 Å². The van der Waals surface area contributed by atoms with Crippen LogP contribution in [0.1, 0.15) is 0 Å². The summed E-state index contributed by atoms with van der Waals surface area (Å²) in [5.41, 5.74) is 7.36. The first-order valence-electron chi connectivity index (χ1n) is 4.90. The summed E-state index contributed by atoms with van der Waals surface area (Å²) < 4.78 is 5.18. The van der Waals surface area contributed by atoms with E-state index in [1.54, 1.807) is 19.5 Å². The van der Waals surface area contributed by atoms with E-state index in [0.29, 0.717) is 11.4 Å². The van der Waals surface area contributed by atoms with Crippen LogP contribution in [0.3, 0.4) is 0 Å². The van der Waals surface area contributed by atoms with E-state index in [2.05, 4.69) is 4.99 Å². The monoisotopic (exact) mass is 215 g/mol. The van der Waals surface area contributed by atoms with Crippen molar-refractivity contribution in [1.82, 2.24) is 0 Å². The summed E-state index contributed by atoms with van der Waals surface area (Å²) in [5.74, 6) is 0.671. The average molecular weight is 215 g/mol. The number of nitrogens with zero attached hydrogens (tertiary/aromatic N) is 2. The van der Waals surface area contributed by atoms with Gasteiger partial charge in [-0.05, 0) is 18.2 Å². The molecule has 0 aromatic heterocycles. The van der Waals surface area contributed by atoms with Gasteiger partial charge in [-0.1, -0.05) is 0 Å². The number of allylic oxidation sites excluding steroid dienone is 1. The first kappa shape index (κ1) is 10.3. The van der Waals surface area contributed by atoms with Crippen LogP contribution in [0.4, 0.5) is 11.4 Å². The van der Waals surface area contributed by atoms with Gasteiger partial charge < -0.3 is 15.4 Å². The quantitative estimate of drug-likeness (QED) is 0.769. The van der Waals surface area contributed by atoms with Crippen LogP contribution in [0.5, 0.6) is 5.75 Å². The predicted octanol–water partition coefficient (Wildman–Crippen LogP) is 2.15. The van der Waals surface area contributed by atoms with Crippen LogP contribution in [-0.4, -0.2) is 13.3 Å². The fourth-order valence-corrected chi connectivity index (χ4v) is 1.42. The molecule has 0 atom stereocenters. The van der Waals surface area contributed by atoms with Gasteiger partial charge >= 0.3 is 0 Å². The van der Waals surface area contributed by atoms with Crippen molar-refractivity contribution in [3.8, 4) is 5.75 Å². The molecule has 0 unspecified atom stereocenters. The minimum Gasteiger partial charge on any atom is -0.495 e. The van der Waals surface area contributed by atoms with Crippen molar-refractivity contribution in [2.75, 3.05) is 17.7 Å². The Morgan fingerprint density at radius 2 is 2.19 bits per heavy atom. The average Bonchev–Trinajstić information content (AvgIpc) is 2.58. The van der Waals surface area contributed by atoms with Crippen molar-refractivity contribution in [2.24, 2.45) is 4.99 Å². The lowest BCUT2D eigenvalue weighted by Gasteiger charge is -2.16. The summed E-state index contributed by atoms with van der Waals surface area (Å²) in [6.07, 6.45) is 9.10. The molecule has 1 aliphatic rings. The van der Waals surface area contributed by atoms with Crippen molar-refractivity contribution in [2.45, 2.75) is 0 Å². The third kappa shape index (κ3) is 2.06. The Morgan fingerprint density at radius 1 is 1.31 bits per heavy atom. The molecule has 0 radical (unpaired) electrons. The maximum atomic E-state index is 5.76. The highest BCUT2D eigenvalue weighted by Crippen LogP contribution is 2.27. The zero-order valence-electron chi connectivity index (χ0n) is 9.00. The molecule has 0 saturated heterocycles. The number of nitrogen functional groups attached to an aromatic ring is 1. The van der Waals surface area contributed by atoms with Gasteiger partial charge in [-0.25, -0.2) is 0 Å². The van der Waals surface area contributed by atoms with Gasteiger partial charge in [0.2, 0.25) is 0 Å². The maximum Gasteiger partial charge on any atom is 0.143 e. The normalized spacial score (nSPS) is 13.9. The molecule has 0 fully saturated rings. The molecule has 2 N–H and O–H groups in total. The topological polar surface area (TPSA) is 50.8 Å². The van der Waals surface area contributed by atoms with Gasteiger partial charge in [0.15, 0.2) is 0 Å². The van der Waals surface area contributed by atoms with Crippen LogP contribution in [-0.2, 0) is 0 Å². The van der Waals surface area contributed by atoms with Crippen molar-refractivity contribution in [3.63, 3.8) is 0 Å². The van der Waals surface area contributed by atoms with Crippen LogP contribution < -0.4 is 15.4 Å². The molecular weight excluding hydrogens is 202 g/mol. The summed E-state index contributed by atoms with van der Waals surface area (Å²) >= 11 is 0. The lowest BCUT2D eigenvalue weighted by Crippen LogP contribution is -2.06. The number of nitrogens with two attached hydrogens (primary N) is 1. The van der Waals surface area contributed by atoms with E-state index in [1.807, 2.05) is 41.6 Å². The number of hydrogen-bond donors (Lipinski definition) is 1. The Balaban J connectivity index is 2.33. The van der Waals surface area contributed by atoms with E-state index in [1.165, 1.54) is 0 Å². The zero-order valence-corrected chi connectivity index (χ0v) is 9.00. The molecule has 0 spiro atoms. The standard InChI is InChI=1S/C12H13N3O/c1-16-12-9-10(3-4-11(12)13)15-7-2-5-14-6-8-15/h2-9H,13H2,1H3. The first-order valence-corrected chi connectivity index (χ1v) is 4.90. The number of rotatable bonds is 2. The summed E-state index contributed by atoms with van der Waals surface area (Å²) in [4.78, 5) is 5.96. The van der Waals surface area contributed by atoms with Gasteiger partial charge in [-0.2, -0.15) is 0 Å². The van der Waals surface area contributed by atoms with Crippen molar-refractivity contribution >= 4 is 17.6 Å². The molecule has 2 rings (SSSR count). The van der Waals surface area contributed by atoms with E-state index in [9.17, 15) is 0 Å². The highest BCUT2D eigenvalue weighted by Gasteiger charge is 2.04. The van der Waals surface area contributed by atoms with E-state index in [-0.39, 0.29) is 0 Å². The van der Waals surface area contributed by atoms with Crippen LogP contribution in [0.15, 0.2) is 47.9 Å². The van der Waals surface area contributed by atoms with Crippen LogP contribution in [0.25, 0.3) is 0 Å². The van der Waals surface area contributed by atoms with Gasteiger partial charge in [0, 0.05) is 36.6 Å². The molecule has 0 amide bonds. The minimum atomic E-state index is 0.630. The van der Waals surface area contributed by atoms with Crippen molar-refractivity contribution in [1.29, 1.82) is 0 Å². The Labute approximate surface area is 94.3 Å². The van der Waals surface area contributed by atoms with Gasteiger partial charge in [-0.3, -0.25) is 4.99 Å². The fourth-order valence-electron chi connectivity index (χ4n) is 1.42. The van der Waals surface area contributed by atoms with Crippen molar-refractivity contribution < 1.29 is 4.74 Å². The molecule has 4 heteroatoms. The second-order valence-electron chi connectivity index (χ2n) is 3.27. The molecule has 0 saturated carbocycles. The number of methoxy groups -OCH3 is 1. The van der Waals surface area contributed by atoms with Gasteiger partial charge in [0.1, 0.15) is 5.75 Å².